The number of amides is 1. The Balaban J connectivity index is 1.21. The third kappa shape index (κ3) is 7.29. The molecule has 0 spiro atoms. The van der Waals surface area contributed by atoms with Crippen LogP contribution < -0.4 is 4.90 Å². The van der Waals surface area contributed by atoms with Crippen LogP contribution in [0.5, 0.6) is 0 Å². The van der Waals surface area contributed by atoms with Crippen molar-refractivity contribution in [3.05, 3.63) is 108 Å². The van der Waals surface area contributed by atoms with Gasteiger partial charge in [-0.25, -0.2) is 0 Å². The molecule has 226 valence electrons. The molecule has 9 heteroatoms. The number of anilines is 2. The minimum atomic E-state index is -3.00. The number of carbonyl (C=O) groups excluding carboxylic acids is 1. The standard InChI is InChI=1S/C34H41FN4O3Si/c1-25-32(19-16-26-14-17-29(18-15-26)39(24-41)28-12-8-5-9-13-28)42-33(34(25)43(2,3)35)20-21-38-22-31(36-37-38)30(23-40)27-10-6-4-7-11-27/h4-15,17-18,22,24-25,30,32-34,40H,16,19-21,23H2,1-3H3/t25-,30?,32+,33-,34+/m1/s1. The molecule has 4 aromatic rings. The Hall–Kier alpha value is -3.66. The number of aromatic nitrogens is 3. The monoisotopic (exact) mass is 600 g/mol. The number of ether oxygens (including phenoxy) is 1. The van der Waals surface area contributed by atoms with Crippen LogP contribution in [0.4, 0.5) is 15.5 Å². The molecule has 7 nitrogen and oxygen atoms in total. The molecule has 1 amide bonds. The molecule has 0 bridgehead atoms. The highest BCUT2D eigenvalue weighted by Crippen LogP contribution is 2.47. The van der Waals surface area contributed by atoms with Crippen LogP contribution in [0.2, 0.25) is 18.6 Å². The quantitative estimate of drug-likeness (QED) is 0.105. The maximum Gasteiger partial charge on any atom is 0.246 e. The lowest BCUT2D eigenvalue weighted by molar-refractivity contribution is -0.106. The highest BCUT2D eigenvalue weighted by Gasteiger charge is 2.50. The summed E-state index contributed by atoms with van der Waals surface area (Å²) in [5.41, 5.74) is 4.39. The summed E-state index contributed by atoms with van der Waals surface area (Å²) in [4.78, 5) is 13.4. The summed E-state index contributed by atoms with van der Waals surface area (Å²) in [5, 5.41) is 18.7. The van der Waals surface area contributed by atoms with E-state index in [9.17, 15) is 9.90 Å². The summed E-state index contributed by atoms with van der Waals surface area (Å²) in [7, 11) is -3.00. The van der Waals surface area contributed by atoms with E-state index in [4.69, 9.17) is 4.74 Å². The summed E-state index contributed by atoms with van der Waals surface area (Å²) in [6.45, 7) is 6.23. The average molecular weight is 601 g/mol. The van der Waals surface area contributed by atoms with Gasteiger partial charge >= 0.3 is 0 Å². The van der Waals surface area contributed by atoms with Crippen LogP contribution in [0.1, 0.15) is 42.5 Å². The minimum absolute atomic E-state index is 0.0313. The van der Waals surface area contributed by atoms with Gasteiger partial charge < -0.3 is 14.0 Å². The van der Waals surface area contributed by atoms with E-state index >= 15 is 4.11 Å². The van der Waals surface area contributed by atoms with E-state index in [-0.39, 0.29) is 36.2 Å². The van der Waals surface area contributed by atoms with Crippen molar-refractivity contribution in [1.29, 1.82) is 0 Å². The van der Waals surface area contributed by atoms with Gasteiger partial charge in [-0.05, 0) is 73.7 Å². The first-order valence-corrected chi connectivity index (χ1v) is 18.0. The first-order valence-electron chi connectivity index (χ1n) is 15.1. The van der Waals surface area contributed by atoms with E-state index in [1.54, 1.807) is 22.7 Å². The smallest absolute Gasteiger partial charge is 0.246 e. The molecule has 1 aliphatic rings. The number of hydrogen-bond donors (Lipinski definition) is 1. The number of para-hydroxylation sites is 1. The van der Waals surface area contributed by atoms with Crippen LogP contribution in [-0.4, -0.2) is 53.7 Å². The Bertz CT molecular complexity index is 1450. The first-order chi connectivity index (χ1) is 20.8. The normalized spacial score (nSPS) is 21.0. The number of benzene rings is 3. The molecule has 1 fully saturated rings. The number of aryl methyl sites for hydroxylation is 2. The number of aliphatic hydroxyl groups is 1. The maximum absolute atomic E-state index is 15.7. The fraction of sp³-hybridized carbons (Fsp3) is 0.382. The molecule has 0 aliphatic carbocycles. The summed E-state index contributed by atoms with van der Waals surface area (Å²) in [6.07, 6.45) is 4.76. The molecule has 1 aliphatic heterocycles. The van der Waals surface area contributed by atoms with Gasteiger partial charge in [-0.3, -0.25) is 14.4 Å². The van der Waals surface area contributed by atoms with E-state index in [1.807, 2.05) is 79.0 Å². The average Bonchev–Trinajstić information content (AvgIpc) is 3.61. The number of rotatable bonds is 13. The fourth-order valence-electron chi connectivity index (χ4n) is 6.54. The lowest BCUT2D eigenvalue weighted by Gasteiger charge is -2.28. The number of nitrogens with zero attached hydrogens (tertiary/aromatic N) is 4. The number of carbonyl (C=O) groups is 1. The van der Waals surface area contributed by atoms with Crippen molar-refractivity contribution >= 4 is 26.2 Å². The van der Waals surface area contributed by atoms with E-state index in [0.29, 0.717) is 13.0 Å². The third-order valence-corrected chi connectivity index (χ3v) is 11.2. The molecule has 1 saturated heterocycles. The van der Waals surface area contributed by atoms with Gasteiger partial charge in [0.05, 0.1) is 30.4 Å². The van der Waals surface area contributed by atoms with Crippen LogP contribution >= 0.6 is 0 Å². The van der Waals surface area contributed by atoms with Gasteiger partial charge in [0, 0.05) is 29.7 Å². The van der Waals surface area contributed by atoms with Crippen LogP contribution in [0.3, 0.4) is 0 Å². The minimum Gasteiger partial charge on any atom is -0.395 e. The van der Waals surface area contributed by atoms with E-state index in [2.05, 4.69) is 29.4 Å². The lowest BCUT2D eigenvalue weighted by atomic mass is 9.95. The predicted octanol–water partition coefficient (Wildman–Crippen LogP) is 6.67. The largest absolute Gasteiger partial charge is 0.395 e. The van der Waals surface area contributed by atoms with Crippen molar-refractivity contribution in [3.8, 4) is 0 Å². The second-order valence-electron chi connectivity index (χ2n) is 12.0. The summed E-state index contributed by atoms with van der Waals surface area (Å²) >= 11 is 0. The first kappa shape index (κ1) is 30.8. The second kappa shape index (κ2) is 13.8. The van der Waals surface area contributed by atoms with E-state index in [0.717, 1.165) is 47.4 Å². The Morgan fingerprint density at radius 2 is 1.63 bits per heavy atom. The zero-order valence-corrected chi connectivity index (χ0v) is 26.1. The van der Waals surface area contributed by atoms with Gasteiger partial charge in [0.15, 0.2) is 0 Å². The molecule has 43 heavy (non-hydrogen) atoms. The molecule has 0 radical (unpaired) electrons. The van der Waals surface area contributed by atoms with Crippen molar-refractivity contribution in [2.75, 3.05) is 11.5 Å². The van der Waals surface area contributed by atoms with Crippen LogP contribution in [0, 0.1) is 5.92 Å². The van der Waals surface area contributed by atoms with Gasteiger partial charge in [-0.2, -0.15) is 0 Å². The SMILES string of the molecule is C[C@H]1[C@H]([Si](C)(C)F)[C@@H](CCn2cc(C(CO)c3ccccc3)nn2)O[C@H]1CCc1ccc(N(C=O)c2ccccc2)cc1. The van der Waals surface area contributed by atoms with Crippen molar-refractivity contribution in [1.82, 2.24) is 15.0 Å². The number of halogens is 1. The predicted molar refractivity (Wildman–Crippen MR) is 170 cm³/mol. The Labute approximate surface area is 254 Å². The summed E-state index contributed by atoms with van der Waals surface area (Å²) in [5.74, 6) is -0.122. The van der Waals surface area contributed by atoms with Crippen molar-refractivity contribution in [2.45, 2.75) is 69.5 Å². The van der Waals surface area contributed by atoms with E-state index < -0.39 is 8.41 Å². The molecular formula is C34H41FN4O3Si. The van der Waals surface area contributed by atoms with Crippen molar-refractivity contribution in [3.63, 3.8) is 0 Å². The molecule has 0 saturated carbocycles. The zero-order chi connectivity index (χ0) is 30.4. The molecule has 1 aromatic heterocycles. The Morgan fingerprint density at radius 3 is 2.26 bits per heavy atom. The summed E-state index contributed by atoms with van der Waals surface area (Å²) < 4.78 is 24.0. The zero-order valence-electron chi connectivity index (χ0n) is 25.1. The third-order valence-electron chi connectivity index (χ3n) is 8.71. The highest BCUT2D eigenvalue weighted by atomic mass is 28.4. The van der Waals surface area contributed by atoms with Gasteiger partial charge in [-0.1, -0.05) is 72.8 Å². The van der Waals surface area contributed by atoms with Crippen LogP contribution in [-0.2, 0) is 22.5 Å². The van der Waals surface area contributed by atoms with Crippen LogP contribution in [0.25, 0.3) is 0 Å². The molecule has 2 heterocycles. The molecule has 5 atom stereocenters. The molecule has 5 rings (SSSR count). The van der Waals surface area contributed by atoms with Gasteiger partial charge in [0.1, 0.15) is 0 Å². The van der Waals surface area contributed by atoms with E-state index in [1.165, 1.54) is 0 Å². The van der Waals surface area contributed by atoms with Gasteiger partial charge in [0.25, 0.3) is 0 Å². The Morgan fingerprint density at radius 1 is 0.977 bits per heavy atom. The Kier molecular flexibility index (Phi) is 9.85. The van der Waals surface area contributed by atoms with Crippen molar-refractivity contribution < 1.29 is 18.7 Å². The van der Waals surface area contributed by atoms with Crippen molar-refractivity contribution in [2.24, 2.45) is 5.92 Å². The van der Waals surface area contributed by atoms with Gasteiger partial charge in [0.2, 0.25) is 14.8 Å². The topological polar surface area (TPSA) is 80.5 Å². The molecule has 1 N–H and O–H groups in total. The number of aliphatic hydroxyl groups excluding tert-OH is 1. The maximum atomic E-state index is 15.7. The molecular weight excluding hydrogens is 559 g/mol. The fourth-order valence-corrected chi connectivity index (χ4v) is 9.13. The molecule has 1 unspecified atom stereocenters. The molecule has 3 aromatic carbocycles. The summed E-state index contributed by atoms with van der Waals surface area (Å²) in [6, 6.07) is 27.4. The highest BCUT2D eigenvalue weighted by molar-refractivity contribution is 6.72. The number of hydrogen-bond acceptors (Lipinski definition) is 5. The van der Waals surface area contributed by atoms with Crippen LogP contribution in [0.15, 0.2) is 91.1 Å². The van der Waals surface area contributed by atoms with Gasteiger partial charge in [-0.15, -0.1) is 5.10 Å². The second-order valence-corrected chi connectivity index (χ2v) is 15.8. The lowest BCUT2D eigenvalue weighted by Crippen LogP contribution is -2.36.